The zero-order chi connectivity index (χ0) is 13.7. The summed E-state index contributed by atoms with van der Waals surface area (Å²) >= 11 is 0. The Bertz CT molecular complexity index is 407. The smallest absolute Gasteiger partial charge is 0.225 e. The number of nitrogens with zero attached hydrogens (tertiary/aromatic N) is 1. The van der Waals surface area contributed by atoms with Crippen LogP contribution >= 0.6 is 0 Å². The fourth-order valence-electron chi connectivity index (χ4n) is 2.72. The number of carbonyl (C=O) groups is 1. The van der Waals surface area contributed by atoms with Crippen molar-refractivity contribution in [3.05, 3.63) is 30.1 Å². The number of nitrogens with two attached hydrogens (primary N) is 1. The van der Waals surface area contributed by atoms with E-state index in [9.17, 15) is 4.79 Å². The molecule has 0 radical (unpaired) electrons. The van der Waals surface area contributed by atoms with Gasteiger partial charge in [-0.25, -0.2) is 0 Å². The zero-order valence-electron chi connectivity index (χ0n) is 11.5. The van der Waals surface area contributed by atoms with Crippen molar-refractivity contribution >= 4 is 5.91 Å². The molecule has 1 aliphatic rings. The molecule has 1 aromatic rings. The molecule has 19 heavy (non-hydrogen) atoms. The van der Waals surface area contributed by atoms with Gasteiger partial charge in [-0.1, -0.05) is 19.3 Å². The molecule has 0 saturated heterocycles. The Kier molecular flexibility index (Phi) is 4.91. The quantitative estimate of drug-likeness (QED) is 0.819. The molecule has 1 aromatic heterocycles. The van der Waals surface area contributed by atoms with E-state index in [1.165, 1.54) is 6.42 Å². The largest absolute Gasteiger partial charge is 0.349 e. The molecule has 3 unspecified atom stereocenters. The summed E-state index contributed by atoms with van der Waals surface area (Å²) in [6, 6.07) is 3.87. The van der Waals surface area contributed by atoms with Crippen LogP contribution in [0.1, 0.15) is 50.6 Å². The Morgan fingerprint density at radius 1 is 1.32 bits per heavy atom. The van der Waals surface area contributed by atoms with E-state index in [-0.39, 0.29) is 23.9 Å². The maximum atomic E-state index is 12.3. The van der Waals surface area contributed by atoms with Gasteiger partial charge in [0.1, 0.15) is 0 Å². The van der Waals surface area contributed by atoms with Crippen LogP contribution in [0, 0.1) is 5.92 Å². The Morgan fingerprint density at radius 2 is 2.00 bits per heavy atom. The highest BCUT2D eigenvalue weighted by Gasteiger charge is 2.27. The van der Waals surface area contributed by atoms with Gasteiger partial charge in [-0.15, -0.1) is 0 Å². The lowest BCUT2D eigenvalue weighted by Gasteiger charge is -2.23. The van der Waals surface area contributed by atoms with Crippen LogP contribution in [0.2, 0.25) is 0 Å². The summed E-state index contributed by atoms with van der Waals surface area (Å²) in [6.45, 7) is 2.00. The molecule has 1 fully saturated rings. The molecular weight excluding hydrogens is 238 g/mol. The van der Waals surface area contributed by atoms with Gasteiger partial charge in [0.05, 0.1) is 12.0 Å². The van der Waals surface area contributed by atoms with Crippen molar-refractivity contribution in [3.8, 4) is 0 Å². The minimum absolute atomic E-state index is 0.00551. The lowest BCUT2D eigenvalue weighted by molar-refractivity contribution is -0.126. The van der Waals surface area contributed by atoms with Crippen LogP contribution in [0.3, 0.4) is 0 Å². The van der Waals surface area contributed by atoms with Gasteiger partial charge in [0.15, 0.2) is 0 Å². The first-order valence-corrected chi connectivity index (χ1v) is 7.14. The monoisotopic (exact) mass is 261 g/mol. The summed E-state index contributed by atoms with van der Waals surface area (Å²) in [4.78, 5) is 16.3. The molecule has 0 aromatic carbocycles. The van der Waals surface area contributed by atoms with Crippen LogP contribution in [-0.2, 0) is 4.79 Å². The number of carbonyl (C=O) groups excluding carboxylic acids is 1. The lowest BCUT2D eigenvalue weighted by Crippen LogP contribution is -2.42. The van der Waals surface area contributed by atoms with Crippen LogP contribution in [-0.4, -0.2) is 16.9 Å². The third kappa shape index (κ3) is 3.77. The molecule has 0 aliphatic heterocycles. The molecule has 1 amide bonds. The zero-order valence-corrected chi connectivity index (χ0v) is 11.5. The minimum atomic E-state index is -0.0354. The third-order valence-corrected chi connectivity index (χ3v) is 3.97. The summed E-state index contributed by atoms with van der Waals surface area (Å²) in [5.74, 6) is 0.0606. The molecule has 104 valence electrons. The van der Waals surface area contributed by atoms with E-state index in [1.807, 2.05) is 19.1 Å². The predicted octanol–water partition coefficient (Wildman–Crippen LogP) is 2.17. The van der Waals surface area contributed by atoms with Crippen LogP contribution < -0.4 is 11.1 Å². The van der Waals surface area contributed by atoms with Crippen LogP contribution in [0.4, 0.5) is 0 Å². The number of rotatable bonds is 3. The van der Waals surface area contributed by atoms with Crippen molar-refractivity contribution in [2.75, 3.05) is 0 Å². The normalized spacial score (nSPS) is 25.4. The molecule has 2 rings (SSSR count). The highest BCUT2D eigenvalue weighted by molar-refractivity contribution is 5.79. The molecule has 1 aliphatic carbocycles. The molecule has 4 heteroatoms. The highest BCUT2D eigenvalue weighted by atomic mass is 16.2. The van der Waals surface area contributed by atoms with Gasteiger partial charge in [-0.3, -0.25) is 9.78 Å². The molecule has 4 nitrogen and oxygen atoms in total. The van der Waals surface area contributed by atoms with E-state index in [4.69, 9.17) is 5.73 Å². The molecule has 3 N–H and O–H groups in total. The van der Waals surface area contributed by atoms with Crippen molar-refractivity contribution in [2.45, 2.75) is 51.1 Å². The number of hydrogen-bond acceptors (Lipinski definition) is 3. The Balaban J connectivity index is 1.96. The fourth-order valence-corrected chi connectivity index (χ4v) is 2.72. The number of pyridine rings is 1. The molecular formula is C15H23N3O. The van der Waals surface area contributed by atoms with Crippen LogP contribution in [0.25, 0.3) is 0 Å². The highest BCUT2D eigenvalue weighted by Crippen LogP contribution is 2.23. The number of nitrogens with one attached hydrogen (secondary N) is 1. The van der Waals surface area contributed by atoms with E-state index in [0.717, 1.165) is 31.2 Å². The third-order valence-electron chi connectivity index (χ3n) is 3.97. The maximum Gasteiger partial charge on any atom is 0.225 e. The van der Waals surface area contributed by atoms with E-state index >= 15 is 0 Å². The molecule has 1 heterocycles. The van der Waals surface area contributed by atoms with E-state index in [1.54, 1.807) is 12.4 Å². The predicted molar refractivity (Wildman–Crippen MR) is 75.3 cm³/mol. The molecule has 0 spiro atoms. The summed E-state index contributed by atoms with van der Waals surface area (Å²) < 4.78 is 0. The topological polar surface area (TPSA) is 68.0 Å². The Labute approximate surface area is 114 Å². The van der Waals surface area contributed by atoms with Crippen molar-refractivity contribution in [2.24, 2.45) is 11.7 Å². The van der Waals surface area contributed by atoms with Crippen LogP contribution in [0.15, 0.2) is 24.5 Å². The average molecular weight is 261 g/mol. The number of aromatic nitrogens is 1. The minimum Gasteiger partial charge on any atom is -0.349 e. The Hall–Kier alpha value is -1.42. The molecule has 0 bridgehead atoms. The standard InChI is InChI=1S/C15H23N3O/c1-11(12-7-9-17-10-8-12)18-15(19)13-5-3-2-4-6-14(13)16/h7-11,13-14H,2-6,16H2,1H3,(H,18,19). The average Bonchev–Trinajstić information content (AvgIpc) is 2.64. The van der Waals surface area contributed by atoms with Crippen molar-refractivity contribution < 1.29 is 4.79 Å². The van der Waals surface area contributed by atoms with Gasteiger partial charge in [0.2, 0.25) is 5.91 Å². The van der Waals surface area contributed by atoms with E-state index in [0.29, 0.717) is 0 Å². The van der Waals surface area contributed by atoms with E-state index in [2.05, 4.69) is 10.3 Å². The first kappa shape index (κ1) is 14.0. The first-order chi connectivity index (χ1) is 9.18. The first-order valence-electron chi connectivity index (χ1n) is 7.14. The maximum absolute atomic E-state index is 12.3. The second-order valence-corrected chi connectivity index (χ2v) is 5.42. The summed E-state index contributed by atoms with van der Waals surface area (Å²) in [7, 11) is 0. The van der Waals surface area contributed by atoms with Gasteiger partial charge in [-0.2, -0.15) is 0 Å². The lowest BCUT2D eigenvalue weighted by atomic mass is 9.94. The summed E-state index contributed by atoms with van der Waals surface area (Å²) in [6.07, 6.45) is 8.81. The van der Waals surface area contributed by atoms with Gasteiger partial charge < -0.3 is 11.1 Å². The SMILES string of the molecule is CC(NC(=O)C1CCCCCC1N)c1ccncc1. The van der Waals surface area contributed by atoms with Gasteiger partial charge >= 0.3 is 0 Å². The van der Waals surface area contributed by atoms with Crippen molar-refractivity contribution in [1.82, 2.24) is 10.3 Å². The summed E-state index contributed by atoms with van der Waals surface area (Å²) in [5, 5.41) is 3.08. The van der Waals surface area contributed by atoms with Gasteiger partial charge in [-0.05, 0) is 37.5 Å². The van der Waals surface area contributed by atoms with Crippen molar-refractivity contribution in [1.29, 1.82) is 0 Å². The number of amides is 1. The second kappa shape index (κ2) is 6.66. The molecule has 1 saturated carbocycles. The van der Waals surface area contributed by atoms with Crippen LogP contribution in [0.5, 0.6) is 0 Å². The van der Waals surface area contributed by atoms with Gasteiger partial charge in [0.25, 0.3) is 0 Å². The molecule has 3 atom stereocenters. The number of hydrogen-bond donors (Lipinski definition) is 2. The summed E-state index contributed by atoms with van der Waals surface area (Å²) in [5.41, 5.74) is 7.20. The second-order valence-electron chi connectivity index (χ2n) is 5.42. The fraction of sp³-hybridized carbons (Fsp3) is 0.600. The van der Waals surface area contributed by atoms with E-state index < -0.39 is 0 Å². The van der Waals surface area contributed by atoms with Crippen molar-refractivity contribution in [3.63, 3.8) is 0 Å². The Morgan fingerprint density at radius 3 is 2.74 bits per heavy atom. The van der Waals surface area contributed by atoms with Gasteiger partial charge in [0, 0.05) is 18.4 Å².